The molecule has 3 aromatic rings. The summed E-state index contributed by atoms with van der Waals surface area (Å²) in [4.78, 5) is 27.5. The van der Waals surface area contributed by atoms with E-state index in [0.717, 1.165) is 11.1 Å². The first-order valence-corrected chi connectivity index (χ1v) is 11.4. The monoisotopic (exact) mass is 460 g/mol. The maximum Gasteiger partial charge on any atom is 0.262 e. The van der Waals surface area contributed by atoms with Gasteiger partial charge in [-0.15, -0.1) is 0 Å². The molecule has 0 spiro atoms. The summed E-state index contributed by atoms with van der Waals surface area (Å²) in [6, 6.07) is 20.8. The van der Waals surface area contributed by atoms with Crippen LogP contribution in [0.25, 0.3) is 0 Å². The minimum Gasteiger partial charge on any atom is -0.484 e. The molecule has 0 aromatic heterocycles. The molecule has 4 rings (SSSR count). The van der Waals surface area contributed by atoms with Crippen LogP contribution in [0.15, 0.2) is 72.8 Å². The fourth-order valence-corrected chi connectivity index (χ4v) is 4.24. The van der Waals surface area contributed by atoms with Gasteiger partial charge in [0.15, 0.2) is 6.61 Å². The molecule has 34 heavy (non-hydrogen) atoms. The summed E-state index contributed by atoms with van der Waals surface area (Å²) in [5.74, 6) is -0.0951. The van der Waals surface area contributed by atoms with Crippen molar-refractivity contribution in [3.05, 3.63) is 95.3 Å². The Morgan fingerprint density at radius 2 is 1.79 bits per heavy atom. The molecule has 1 aliphatic heterocycles. The highest BCUT2D eigenvalue weighted by molar-refractivity contribution is 5.91. The van der Waals surface area contributed by atoms with Crippen LogP contribution in [0.4, 0.5) is 10.1 Å². The predicted molar refractivity (Wildman–Crippen MR) is 130 cm³/mol. The third-order valence-corrected chi connectivity index (χ3v) is 5.84. The average Bonchev–Trinajstić information content (AvgIpc) is 2.81. The molecule has 1 atom stereocenters. The number of fused-ring (bicyclic) bond motifs is 1. The van der Waals surface area contributed by atoms with E-state index in [0.29, 0.717) is 30.0 Å². The van der Waals surface area contributed by atoms with Crippen molar-refractivity contribution in [3.8, 4) is 5.75 Å². The molecule has 0 saturated heterocycles. The molecular weight excluding hydrogens is 431 g/mol. The van der Waals surface area contributed by atoms with Crippen LogP contribution in [-0.4, -0.2) is 29.9 Å². The van der Waals surface area contributed by atoms with E-state index in [1.807, 2.05) is 68.1 Å². The summed E-state index contributed by atoms with van der Waals surface area (Å²) in [7, 11) is 0. The van der Waals surface area contributed by atoms with Gasteiger partial charge in [0, 0.05) is 17.6 Å². The summed E-state index contributed by atoms with van der Waals surface area (Å²) in [6.07, 6.45) is 0.692. The Kier molecular flexibility index (Phi) is 6.68. The third kappa shape index (κ3) is 5.28. The second kappa shape index (κ2) is 9.67. The van der Waals surface area contributed by atoms with E-state index in [-0.39, 0.29) is 24.2 Å². The molecule has 0 saturated carbocycles. The molecule has 5 nitrogen and oxygen atoms in total. The zero-order valence-corrected chi connectivity index (χ0v) is 19.7. The van der Waals surface area contributed by atoms with Crippen molar-refractivity contribution in [3.63, 3.8) is 0 Å². The van der Waals surface area contributed by atoms with Gasteiger partial charge in [-0.05, 0) is 59.5 Å². The average molecular weight is 461 g/mol. The third-order valence-electron chi connectivity index (χ3n) is 5.84. The van der Waals surface area contributed by atoms with Crippen LogP contribution in [0.2, 0.25) is 0 Å². The molecule has 1 heterocycles. The SMILES string of the molecule is CC(C)(C)C(=O)N1CCc2ccc(OCC(=O)Nc3ccccc3)cc2C1c1cccc(F)c1. The van der Waals surface area contributed by atoms with Crippen LogP contribution >= 0.6 is 0 Å². The van der Waals surface area contributed by atoms with Gasteiger partial charge in [-0.2, -0.15) is 0 Å². The van der Waals surface area contributed by atoms with E-state index in [1.54, 1.807) is 18.2 Å². The van der Waals surface area contributed by atoms with Gasteiger partial charge in [-0.1, -0.05) is 57.2 Å². The number of nitrogens with one attached hydrogen (secondary N) is 1. The normalized spacial score (nSPS) is 15.4. The first-order chi connectivity index (χ1) is 16.2. The lowest BCUT2D eigenvalue weighted by Crippen LogP contribution is -2.45. The maximum absolute atomic E-state index is 14.2. The number of amides is 2. The molecule has 6 heteroatoms. The van der Waals surface area contributed by atoms with Crippen molar-refractivity contribution in [2.45, 2.75) is 33.2 Å². The molecule has 1 unspecified atom stereocenters. The number of carbonyl (C=O) groups is 2. The highest BCUT2D eigenvalue weighted by Crippen LogP contribution is 2.39. The largest absolute Gasteiger partial charge is 0.484 e. The van der Waals surface area contributed by atoms with Gasteiger partial charge in [0.2, 0.25) is 5.91 Å². The zero-order valence-electron chi connectivity index (χ0n) is 19.7. The molecule has 3 aromatic carbocycles. The van der Waals surface area contributed by atoms with Gasteiger partial charge in [-0.25, -0.2) is 4.39 Å². The maximum atomic E-state index is 14.2. The number of halogens is 1. The molecule has 0 radical (unpaired) electrons. The number of nitrogens with zero attached hydrogens (tertiary/aromatic N) is 1. The molecule has 1 N–H and O–H groups in total. The van der Waals surface area contributed by atoms with Crippen molar-refractivity contribution in [2.24, 2.45) is 5.41 Å². The van der Waals surface area contributed by atoms with Gasteiger partial charge in [-0.3, -0.25) is 9.59 Å². The van der Waals surface area contributed by atoms with Gasteiger partial charge in [0.25, 0.3) is 5.91 Å². The number of rotatable bonds is 5. The smallest absolute Gasteiger partial charge is 0.262 e. The number of benzene rings is 3. The Balaban J connectivity index is 1.61. The highest BCUT2D eigenvalue weighted by Gasteiger charge is 2.37. The molecule has 1 aliphatic rings. The van der Waals surface area contributed by atoms with Gasteiger partial charge in [0.1, 0.15) is 11.6 Å². The van der Waals surface area contributed by atoms with Crippen molar-refractivity contribution in [2.75, 3.05) is 18.5 Å². The van der Waals surface area contributed by atoms with E-state index >= 15 is 0 Å². The molecule has 2 amide bonds. The van der Waals surface area contributed by atoms with Crippen molar-refractivity contribution >= 4 is 17.5 Å². The number of hydrogen-bond donors (Lipinski definition) is 1. The van der Waals surface area contributed by atoms with Crippen LogP contribution in [0.3, 0.4) is 0 Å². The second-order valence-corrected chi connectivity index (χ2v) is 9.52. The lowest BCUT2D eigenvalue weighted by Gasteiger charge is -2.41. The van der Waals surface area contributed by atoms with Crippen molar-refractivity contribution in [1.29, 1.82) is 0 Å². The Labute approximate surface area is 199 Å². The summed E-state index contributed by atoms with van der Waals surface area (Å²) < 4.78 is 19.9. The molecule has 0 aliphatic carbocycles. The van der Waals surface area contributed by atoms with E-state index in [4.69, 9.17) is 4.74 Å². The zero-order chi connectivity index (χ0) is 24.3. The fourth-order valence-electron chi connectivity index (χ4n) is 4.24. The van der Waals surface area contributed by atoms with E-state index in [9.17, 15) is 14.0 Å². The van der Waals surface area contributed by atoms with Crippen LogP contribution in [0.1, 0.15) is 43.5 Å². The number of hydrogen-bond acceptors (Lipinski definition) is 3. The molecular formula is C28H29FN2O3. The standard InChI is InChI=1S/C28H29FN2O3/c1-28(2,3)27(33)31-15-14-19-12-13-23(34-18-25(32)30-22-10-5-4-6-11-22)17-24(19)26(31)20-8-7-9-21(29)16-20/h4-13,16-17,26H,14-15,18H2,1-3H3,(H,30,32). The molecule has 0 bridgehead atoms. The van der Waals surface area contributed by atoms with Crippen LogP contribution in [0.5, 0.6) is 5.75 Å². The predicted octanol–water partition coefficient (Wildman–Crippen LogP) is 5.36. The summed E-state index contributed by atoms with van der Waals surface area (Å²) >= 11 is 0. The van der Waals surface area contributed by atoms with Crippen molar-refractivity contribution in [1.82, 2.24) is 4.90 Å². The first-order valence-electron chi connectivity index (χ1n) is 11.4. The minimum atomic E-state index is -0.577. The Hall–Kier alpha value is -3.67. The van der Waals surface area contributed by atoms with E-state index < -0.39 is 11.5 Å². The topological polar surface area (TPSA) is 58.6 Å². The van der Waals surface area contributed by atoms with E-state index in [1.165, 1.54) is 12.1 Å². The Morgan fingerprint density at radius 1 is 1.03 bits per heavy atom. The first kappa shape index (κ1) is 23.5. The number of ether oxygens (including phenoxy) is 1. The number of para-hydroxylation sites is 1. The second-order valence-electron chi connectivity index (χ2n) is 9.52. The Morgan fingerprint density at radius 3 is 2.50 bits per heavy atom. The Bertz CT molecular complexity index is 1190. The number of carbonyl (C=O) groups excluding carboxylic acids is 2. The van der Waals surface area contributed by atoms with Crippen molar-refractivity contribution < 1.29 is 18.7 Å². The van der Waals surface area contributed by atoms with Gasteiger partial charge in [0.05, 0.1) is 6.04 Å². The van der Waals surface area contributed by atoms with Crippen LogP contribution in [0, 0.1) is 11.2 Å². The fraction of sp³-hybridized carbons (Fsp3) is 0.286. The quantitative estimate of drug-likeness (QED) is 0.557. The van der Waals surface area contributed by atoms with E-state index in [2.05, 4.69) is 5.32 Å². The lowest BCUT2D eigenvalue weighted by atomic mass is 9.85. The van der Waals surface area contributed by atoms with Gasteiger partial charge < -0.3 is 15.0 Å². The van der Waals surface area contributed by atoms with Crippen LogP contribution < -0.4 is 10.1 Å². The van der Waals surface area contributed by atoms with Crippen LogP contribution in [-0.2, 0) is 16.0 Å². The summed E-state index contributed by atoms with van der Waals surface area (Å²) in [6.45, 7) is 6.06. The van der Waals surface area contributed by atoms with Gasteiger partial charge >= 0.3 is 0 Å². The lowest BCUT2D eigenvalue weighted by molar-refractivity contribution is -0.141. The summed E-state index contributed by atoms with van der Waals surface area (Å²) in [5, 5.41) is 2.80. The highest BCUT2D eigenvalue weighted by atomic mass is 19.1. The molecule has 0 fully saturated rings. The number of anilines is 1. The molecule has 176 valence electrons. The minimum absolute atomic E-state index is 0.000900. The summed E-state index contributed by atoms with van der Waals surface area (Å²) in [5.41, 5.74) is 2.79.